The summed E-state index contributed by atoms with van der Waals surface area (Å²) in [6.45, 7) is 5.51. The molecule has 0 spiro atoms. The van der Waals surface area contributed by atoms with Crippen LogP contribution < -0.4 is 5.32 Å². The molecule has 0 aliphatic heterocycles. The molecule has 2 bridgehead atoms. The number of carbonyl (C=O) groups is 2. The molecule has 1 amide bonds. The van der Waals surface area contributed by atoms with Crippen molar-refractivity contribution in [2.75, 3.05) is 0 Å². The van der Waals surface area contributed by atoms with E-state index in [4.69, 9.17) is 4.74 Å². The minimum absolute atomic E-state index is 0.00940. The monoisotopic (exact) mass is 239 g/mol. The summed E-state index contributed by atoms with van der Waals surface area (Å²) >= 11 is 0. The molecule has 4 nitrogen and oxygen atoms in total. The van der Waals surface area contributed by atoms with E-state index in [1.165, 1.54) is 0 Å². The average Bonchev–Trinajstić information content (AvgIpc) is 2.14. The summed E-state index contributed by atoms with van der Waals surface area (Å²) in [6.07, 6.45) is 3.28. The summed E-state index contributed by atoms with van der Waals surface area (Å²) < 4.78 is 5.22. The smallest absolute Gasteiger partial charge is 0.407 e. The maximum absolute atomic E-state index is 11.7. The second kappa shape index (κ2) is 4.31. The molecule has 0 aromatic rings. The number of amides is 1. The number of ketones is 1. The number of Topliss-reactive ketones (excluding diaryl/α,β-unsaturated/α-hetero) is 1. The highest BCUT2D eigenvalue weighted by molar-refractivity contribution is 5.84. The van der Waals surface area contributed by atoms with Crippen LogP contribution in [0.2, 0.25) is 0 Å². The molecule has 0 heterocycles. The summed E-state index contributed by atoms with van der Waals surface area (Å²) in [5, 5.41) is 2.86. The van der Waals surface area contributed by atoms with Crippen LogP contribution in [0.4, 0.5) is 4.79 Å². The minimum Gasteiger partial charge on any atom is -0.444 e. The molecule has 0 radical (unpaired) electrons. The minimum atomic E-state index is -0.484. The first-order chi connectivity index (χ1) is 7.85. The molecule has 1 N–H and O–H groups in total. The van der Waals surface area contributed by atoms with Gasteiger partial charge >= 0.3 is 6.09 Å². The Morgan fingerprint density at radius 3 is 2.59 bits per heavy atom. The highest BCUT2D eigenvalue weighted by atomic mass is 16.6. The van der Waals surface area contributed by atoms with Gasteiger partial charge in [0.1, 0.15) is 11.4 Å². The van der Waals surface area contributed by atoms with Gasteiger partial charge in [0.05, 0.1) is 0 Å². The summed E-state index contributed by atoms with van der Waals surface area (Å²) in [4.78, 5) is 23.4. The molecule has 3 saturated carbocycles. The van der Waals surface area contributed by atoms with Crippen LogP contribution in [0, 0.1) is 11.8 Å². The highest BCUT2D eigenvalue weighted by Crippen LogP contribution is 2.39. The fraction of sp³-hybridized carbons (Fsp3) is 0.846. The quantitative estimate of drug-likeness (QED) is 0.763. The lowest BCUT2D eigenvalue weighted by atomic mass is 9.67. The van der Waals surface area contributed by atoms with E-state index in [2.05, 4.69) is 5.32 Å². The number of ether oxygens (including phenoxy) is 1. The summed E-state index contributed by atoms with van der Waals surface area (Å²) in [7, 11) is 0. The van der Waals surface area contributed by atoms with Crippen molar-refractivity contribution in [2.45, 2.75) is 58.1 Å². The molecule has 96 valence electrons. The molecule has 3 atom stereocenters. The normalized spacial score (nSPS) is 32.4. The summed E-state index contributed by atoms with van der Waals surface area (Å²) in [5.41, 5.74) is -0.484. The van der Waals surface area contributed by atoms with Gasteiger partial charge in [-0.3, -0.25) is 4.79 Å². The Hall–Kier alpha value is -1.06. The lowest BCUT2D eigenvalue weighted by Gasteiger charge is -2.41. The number of nitrogens with one attached hydrogen (secondary N) is 1. The van der Waals surface area contributed by atoms with Gasteiger partial charge < -0.3 is 10.1 Å². The first-order valence-corrected chi connectivity index (χ1v) is 6.37. The van der Waals surface area contributed by atoms with Crippen LogP contribution in [0.3, 0.4) is 0 Å². The van der Waals surface area contributed by atoms with Gasteiger partial charge in [-0.15, -0.1) is 0 Å². The predicted octanol–water partition coefficient (Wildman–Crippen LogP) is 2.27. The Kier molecular flexibility index (Phi) is 3.15. The lowest BCUT2D eigenvalue weighted by molar-refractivity contribution is -0.130. The second-order valence-electron chi connectivity index (χ2n) is 6.21. The largest absolute Gasteiger partial charge is 0.444 e. The third-order valence-corrected chi connectivity index (χ3v) is 3.56. The van der Waals surface area contributed by atoms with Gasteiger partial charge in [0.15, 0.2) is 0 Å². The van der Waals surface area contributed by atoms with Crippen molar-refractivity contribution < 1.29 is 14.3 Å². The standard InChI is InChI=1S/C13H21NO3/c1-13(2,3)17-12(16)14-10-6-8-4-5-9(10)11(15)7-8/h8-10H,4-7H2,1-3H3,(H,14,16)/t8-,9+,10-/m1/s1. The van der Waals surface area contributed by atoms with E-state index in [1.807, 2.05) is 20.8 Å². The molecule has 3 aliphatic carbocycles. The van der Waals surface area contributed by atoms with E-state index in [0.29, 0.717) is 18.1 Å². The molecule has 0 aromatic heterocycles. The molecule has 0 unspecified atom stereocenters. The first-order valence-electron chi connectivity index (χ1n) is 6.37. The Morgan fingerprint density at radius 1 is 1.35 bits per heavy atom. The molecule has 0 saturated heterocycles. The van der Waals surface area contributed by atoms with Crippen LogP contribution in [0.15, 0.2) is 0 Å². The fourth-order valence-corrected chi connectivity index (χ4v) is 2.88. The van der Waals surface area contributed by atoms with Crippen LogP contribution >= 0.6 is 0 Å². The SMILES string of the molecule is CC(C)(C)OC(=O)N[C@@H]1C[C@H]2CC[C@@H]1C(=O)C2. The third kappa shape index (κ3) is 2.99. The first kappa shape index (κ1) is 12.4. The van der Waals surface area contributed by atoms with Gasteiger partial charge in [0.2, 0.25) is 0 Å². The van der Waals surface area contributed by atoms with Gasteiger partial charge in [0.25, 0.3) is 0 Å². The van der Waals surface area contributed by atoms with Crippen molar-refractivity contribution in [2.24, 2.45) is 11.8 Å². The molecule has 3 aliphatic rings. The molecule has 4 heteroatoms. The number of carbonyl (C=O) groups excluding carboxylic acids is 2. The van der Waals surface area contributed by atoms with Crippen molar-refractivity contribution in [1.82, 2.24) is 5.32 Å². The van der Waals surface area contributed by atoms with Gasteiger partial charge in [-0.1, -0.05) is 0 Å². The van der Waals surface area contributed by atoms with Gasteiger partial charge in [-0.25, -0.2) is 4.79 Å². The number of fused-ring (bicyclic) bond motifs is 3. The average molecular weight is 239 g/mol. The van der Waals surface area contributed by atoms with Gasteiger partial charge in [0, 0.05) is 18.4 Å². The zero-order valence-corrected chi connectivity index (χ0v) is 10.8. The molecule has 3 fully saturated rings. The second-order valence-corrected chi connectivity index (χ2v) is 6.21. The third-order valence-electron chi connectivity index (χ3n) is 3.56. The zero-order valence-electron chi connectivity index (χ0n) is 10.8. The Balaban J connectivity index is 1.91. The highest BCUT2D eigenvalue weighted by Gasteiger charge is 2.42. The van der Waals surface area contributed by atoms with Gasteiger partial charge in [-0.2, -0.15) is 0 Å². The van der Waals surface area contributed by atoms with Crippen LogP contribution in [0.5, 0.6) is 0 Å². The number of hydrogen-bond acceptors (Lipinski definition) is 3. The lowest BCUT2D eigenvalue weighted by Crippen LogP contribution is -2.52. The van der Waals surface area contributed by atoms with Crippen LogP contribution in [-0.4, -0.2) is 23.5 Å². The molecular formula is C13H21NO3. The van der Waals surface area contributed by atoms with E-state index < -0.39 is 11.7 Å². The van der Waals surface area contributed by atoms with E-state index in [0.717, 1.165) is 19.3 Å². The molecule has 3 rings (SSSR count). The molecular weight excluding hydrogens is 218 g/mol. The van der Waals surface area contributed by atoms with Crippen molar-refractivity contribution in [1.29, 1.82) is 0 Å². The van der Waals surface area contributed by atoms with E-state index >= 15 is 0 Å². The number of alkyl carbamates (subject to hydrolysis) is 1. The van der Waals surface area contributed by atoms with Crippen molar-refractivity contribution in [3.05, 3.63) is 0 Å². The Morgan fingerprint density at radius 2 is 2.06 bits per heavy atom. The predicted molar refractivity (Wildman–Crippen MR) is 63.6 cm³/mol. The van der Waals surface area contributed by atoms with E-state index in [-0.39, 0.29) is 12.0 Å². The Bertz CT molecular complexity index is 332. The van der Waals surface area contributed by atoms with Crippen molar-refractivity contribution in [3.63, 3.8) is 0 Å². The van der Waals surface area contributed by atoms with Crippen LogP contribution in [0.1, 0.15) is 46.5 Å². The Labute approximate surface area is 102 Å². The van der Waals surface area contributed by atoms with Crippen LogP contribution in [-0.2, 0) is 9.53 Å². The fourth-order valence-electron chi connectivity index (χ4n) is 2.88. The van der Waals surface area contributed by atoms with Crippen molar-refractivity contribution >= 4 is 11.9 Å². The summed E-state index contributed by atoms with van der Waals surface area (Å²) in [6, 6.07) is -0.00940. The maximum atomic E-state index is 11.7. The van der Waals surface area contributed by atoms with Crippen LogP contribution in [0.25, 0.3) is 0 Å². The summed E-state index contributed by atoms with van der Waals surface area (Å²) in [5.74, 6) is 0.800. The maximum Gasteiger partial charge on any atom is 0.407 e. The molecule has 17 heavy (non-hydrogen) atoms. The van der Waals surface area contributed by atoms with E-state index in [1.54, 1.807) is 0 Å². The zero-order chi connectivity index (χ0) is 12.6. The van der Waals surface area contributed by atoms with E-state index in [9.17, 15) is 9.59 Å². The molecule has 0 aromatic carbocycles. The van der Waals surface area contributed by atoms with Crippen molar-refractivity contribution in [3.8, 4) is 0 Å². The number of rotatable bonds is 1. The topological polar surface area (TPSA) is 55.4 Å². The number of hydrogen-bond donors (Lipinski definition) is 1. The van der Waals surface area contributed by atoms with Gasteiger partial charge in [-0.05, 0) is 46.0 Å².